The van der Waals surface area contributed by atoms with Crippen LogP contribution in [0.5, 0.6) is 0 Å². The fourth-order valence-electron chi connectivity index (χ4n) is 3.53. The summed E-state index contributed by atoms with van der Waals surface area (Å²) in [5.74, 6) is -0.918. The van der Waals surface area contributed by atoms with E-state index in [-0.39, 0.29) is 16.9 Å². The van der Waals surface area contributed by atoms with Gasteiger partial charge < -0.3 is 5.73 Å². The lowest BCUT2D eigenvalue weighted by Crippen LogP contribution is -2.50. The molecule has 0 saturated heterocycles. The number of carbonyl (C=O) groups is 1. The second-order valence-electron chi connectivity index (χ2n) is 7.40. The molecule has 10 heteroatoms. The molecule has 0 saturated carbocycles. The van der Waals surface area contributed by atoms with Crippen LogP contribution in [0.1, 0.15) is 31.4 Å². The maximum absolute atomic E-state index is 14.1. The summed E-state index contributed by atoms with van der Waals surface area (Å²) in [5.41, 5.74) is 6.44. The molecule has 0 bridgehead atoms. The molecule has 1 amide bonds. The van der Waals surface area contributed by atoms with Crippen LogP contribution in [0.25, 0.3) is 11.1 Å². The number of alkyl halides is 3. The first-order valence-electron chi connectivity index (χ1n) is 9.79. The predicted molar refractivity (Wildman–Crippen MR) is 114 cm³/mol. The Morgan fingerprint density at radius 1 is 1.09 bits per heavy atom. The zero-order valence-electron chi connectivity index (χ0n) is 17.6. The smallest absolute Gasteiger partial charge is 0.368 e. The molecule has 0 aromatic heterocycles. The number of amides is 1. The minimum atomic E-state index is -4.75. The first-order chi connectivity index (χ1) is 14.9. The molecule has 0 spiro atoms. The summed E-state index contributed by atoms with van der Waals surface area (Å²) in [7, 11) is -3.37. The van der Waals surface area contributed by atoms with Crippen molar-refractivity contribution in [3.8, 4) is 17.2 Å². The van der Waals surface area contributed by atoms with Crippen molar-refractivity contribution in [1.29, 1.82) is 5.26 Å². The van der Waals surface area contributed by atoms with Gasteiger partial charge in [0.15, 0.2) is 9.84 Å². The summed E-state index contributed by atoms with van der Waals surface area (Å²) in [6.45, 7) is 1.10. The average molecular weight is 468 g/mol. The number of carbonyl (C=O) groups excluding carboxylic acids is 1. The highest BCUT2D eigenvalue weighted by molar-refractivity contribution is 7.90. The van der Waals surface area contributed by atoms with Crippen LogP contribution in [0.2, 0.25) is 0 Å². The van der Waals surface area contributed by atoms with Crippen molar-refractivity contribution in [3.63, 3.8) is 0 Å². The fraction of sp³-hybridized carbons (Fsp3) is 0.364. The fourth-order valence-corrected chi connectivity index (χ4v) is 4.16. The molecule has 32 heavy (non-hydrogen) atoms. The summed E-state index contributed by atoms with van der Waals surface area (Å²) in [5, 5.41) is 9.12. The highest BCUT2D eigenvalue weighted by atomic mass is 32.2. The van der Waals surface area contributed by atoms with Crippen molar-refractivity contribution in [2.75, 3.05) is 12.8 Å². The van der Waals surface area contributed by atoms with Crippen molar-refractivity contribution < 1.29 is 26.4 Å². The Balaban J connectivity index is 2.46. The third-order valence-corrected chi connectivity index (χ3v) is 6.16. The number of hydrogen-bond acceptors (Lipinski definition) is 5. The van der Waals surface area contributed by atoms with Gasteiger partial charge in [0, 0.05) is 6.26 Å². The maximum Gasteiger partial charge on any atom is 0.408 e. The van der Waals surface area contributed by atoms with Crippen molar-refractivity contribution in [3.05, 3.63) is 54.1 Å². The first-order valence-corrected chi connectivity index (χ1v) is 11.7. The number of primary amides is 1. The van der Waals surface area contributed by atoms with Gasteiger partial charge in [-0.3, -0.25) is 9.69 Å². The van der Waals surface area contributed by atoms with E-state index in [9.17, 15) is 26.4 Å². The van der Waals surface area contributed by atoms with Crippen LogP contribution in [-0.2, 0) is 14.6 Å². The van der Waals surface area contributed by atoms with Gasteiger partial charge in [-0.25, -0.2) is 8.42 Å². The minimum absolute atomic E-state index is 0.0916. The number of nitrogens with zero attached hydrogens (tertiary/aromatic N) is 2. The third kappa shape index (κ3) is 6.08. The van der Waals surface area contributed by atoms with E-state index in [1.807, 2.05) is 0 Å². The van der Waals surface area contributed by atoms with Crippen LogP contribution >= 0.6 is 0 Å². The molecule has 0 unspecified atom stereocenters. The second-order valence-corrected chi connectivity index (χ2v) is 9.42. The van der Waals surface area contributed by atoms with Gasteiger partial charge in [0.05, 0.1) is 23.6 Å². The Morgan fingerprint density at radius 3 is 1.97 bits per heavy atom. The van der Waals surface area contributed by atoms with Crippen LogP contribution in [0, 0.1) is 11.3 Å². The third-order valence-electron chi connectivity index (χ3n) is 5.03. The van der Waals surface area contributed by atoms with Gasteiger partial charge >= 0.3 is 6.18 Å². The molecule has 2 aromatic carbocycles. The minimum Gasteiger partial charge on any atom is -0.368 e. The van der Waals surface area contributed by atoms with Gasteiger partial charge in [0.25, 0.3) is 0 Å². The first kappa shape index (κ1) is 25.4. The quantitative estimate of drug-likeness (QED) is 0.565. The van der Waals surface area contributed by atoms with Crippen LogP contribution < -0.4 is 5.73 Å². The average Bonchev–Trinajstić information content (AvgIpc) is 2.70. The Labute approximate surface area is 185 Å². The predicted octanol–water partition coefficient (Wildman–Crippen LogP) is 3.84. The molecular formula is C22H24F3N3O3S. The van der Waals surface area contributed by atoms with Crippen LogP contribution in [0.15, 0.2) is 53.4 Å². The van der Waals surface area contributed by atoms with E-state index in [2.05, 4.69) is 0 Å². The molecule has 172 valence electrons. The molecular weight excluding hydrogens is 443 g/mol. The highest BCUT2D eigenvalue weighted by Crippen LogP contribution is 2.40. The number of sulfone groups is 1. The van der Waals surface area contributed by atoms with Gasteiger partial charge in [-0.15, -0.1) is 0 Å². The number of benzene rings is 2. The lowest BCUT2D eigenvalue weighted by Gasteiger charge is -2.36. The van der Waals surface area contributed by atoms with E-state index in [1.165, 1.54) is 36.4 Å². The Morgan fingerprint density at radius 2 is 1.59 bits per heavy atom. The summed E-state index contributed by atoms with van der Waals surface area (Å²) in [6.07, 6.45) is -3.16. The maximum atomic E-state index is 14.1. The normalized spacial score (nSPS) is 14.0. The second kappa shape index (κ2) is 10.1. The van der Waals surface area contributed by atoms with E-state index in [0.29, 0.717) is 17.5 Å². The van der Waals surface area contributed by atoms with Crippen molar-refractivity contribution in [2.45, 2.75) is 42.9 Å². The van der Waals surface area contributed by atoms with Crippen molar-refractivity contribution in [1.82, 2.24) is 4.90 Å². The van der Waals surface area contributed by atoms with Crippen molar-refractivity contribution >= 4 is 15.7 Å². The molecule has 0 aliphatic heterocycles. The Hall–Kier alpha value is -2.90. The topological polar surface area (TPSA) is 104 Å². The van der Waals surface area contributed by atoms with Gasteiger partial charge in [0.2, 0.25) is 5.91 Å². The molecule has 0 radical (unpaired) electrons. The lowest BCUT2D eigenvalue weighted by molar-refractivity contribution is -0.191. The summed E-state index contributed by atoms with van der Waals surface area (Å²) < 4.78 is 65.4. The van der Waals surface area contributed by atoms with Gasteiger partial charge in [-0.1, -0.05) is 49.7 Å². The molecule has 2 atom stereocenters. The van der Waals surface area contributed by atoms with Crippen LogP contribution in [0.4, 0.5) is 13.2 Å². The van der Waals surface area contributed by atoms with Crippen LogP contribution in [0.3, 0.4) is 0 Å². The summed E-state index contributed by atoms with van der Waals surface area (Å²) in [6, 6.07) is 9.79. The van der Waals surface area contributed by atoms with Crippen molar-refractivity contribution in [2.24, 2.45) is 5.73 Å². The van der Waals surface area contributed by atoms with E-state index < -0.39 is 40.5 Å². The summed E-state index contributed by atoms with van der Waals surface area (Å²) >= 11 is 0. The Bertz CT molecular complexity index is 1080. The molecule has 2 N–H and O–H groups in total. The van der Waals surface area contributed by atoms with E-state index >= 15 is 0 Å². The SMILES string of the molecule is CCC[C@@H](C(N)=O)N(CC#N)[C@@H](c1ccc(-c2ccc(S(C)(=O)=O)cc2)cc1)C(F)(F)F. The largest absolute Gasteiger partial charge is 0.408 e. The Kier molecular flexibility index (Phi) is 8.04. The standard InChI is InChI=1S/C22H24F3N3O3S/c1-3-4-19(21(27)29)28(14-13-26)20(22(23,24)25)17-7-5-15(6-8-17)16-9-11-18(12-10-16)32(2,30)31/h5-12,19-20H,3-4,14H2,1-2H3,(H2,27,29)/t19-,20-/m0/s1. The van der Waals surface area contributed by atoms with E-state index in [4.69, 9.17) is 11.0 Å². The number of nitriles is 1. The zero-order chi connectivity index (χ0) is 24.1. The van der Waals surface area contributed by atoms with E-state index in [1.54, 1.807) is 25.1 Å². The number of nitrogens with two attached hydrogens (primary N) is 1. The van der Waals surface area contributed by atoms with Gasteiger partial charge in [-0.05, 0) is 35.2 Å². The molecule has 2 rings (SSSR count). The summed E-state index contributed by atoms with van der Waals surface area (Å²) in [4.78, 5) is 12.8. The molecule has 0 fully saturated rings. The lowest BCUT2D eigenvalue weighted by atomic mass is 9.97. The molecule has 0 aliphatic carbocycles. The van der Waals surface area contributed by atoms with Gasteiger partial charge in [0.1, 0.15) is 6.04 Å². The zero-order valence-corrected chi connectivity index (χ0v) is 18.4. The van der Waals surface area contributed by atoms with Gasteiger partial charge in [-0.2, -0.15) is 18.4 Å². The van der Waals surface area contributed by atoms with E-state index in [0.717, 1.165) is 11.2 Å². The van der Waals surface area contributed by atoms with Crippen LogP contribution in [-0.4, -0.2) is 44.2 Å². The number of halogens is 3. The molecule has 0 heterocycles. The highest BCUT2D eigenvalue weighted by Gasteiger charge is 2.47. The molecule has 0 aliphatic rings. The molecule has 2 aromatic rings. The molecule has 6 nitrogen and oxygen atoms in total. The monoisotopic (exact) mass is 467 g/mol. The number of rotatable bonds is 9. The number of hydrogen-bond donors (Lipinski definition) is 1.